The molecule has 0 heterocycles. The molecule has 3 N–H and O–H groups in total. The molecule has 0 bridgehead atoms. The summed E-state index contributed by atoms with van der Waals surface area (Å²) in [4.78, 5) is 0. The van der Waals surface area contributed by atoms with E-state index in [1.807, 2.05) is 0 Å². The van der Waals surface area contributed by atoms with Crippen LogP contribution in [-0.4, -0.2) is 18.6 Å². The minimum atomic E-state index is 0.186. The number of nitrogens with two attached hydrogens (primary N) is 1. The third-order valence-electron chi connectivity index (χ3n) is 3.73. The van der Waals surface area contributed by atoms with Crippen molar-refractivity contribution in [1.29, 1.82) is 0 Å². The van der Waals surface area contributed by atoms with Gasteiger partial charge in [-0.25, -0.2) is 0 Å². The molecule has 1 saturated carbocycles. The number of nitrogens with one attached hydrogen (secondary N) is 1. The van der Waals surface area contributed by atoms with E-state index in [9.17, 15) is 0 Å². The van der Waals surface area contributed by atoms with Crippen molar-refractivity contribution in [2.75, 3.05) is 13.1 Å². The van der Waals surface area contributed by atoms with Gasteiger partial charge in [-0.2, -0.15) is 0 Å². The maximum absolute atomic E-state index is 6.05. The quantitative estimate of drug-likeness (QED) is 0.773. The van der Waals surface area contributed by atoms with Gasteiger partial charge in [-0.1, -0.05) is 34.6 Å². The molecule has 0 radical (unpaired) electrons. The molecule has 1 fully saturated rings. The first-order chi connectivity index (χ1) is 7.29. The smallest absolute Gasteiger partial charge is 0.0311 e. The van der Waals surface area contributed by atoms with Crippen molar-refractivity contribution in [3.63, 3.8) is 0 Å². The third-order valence-corrected chi connectivity index (χ3v) is 3.73. The Labute approximate surface area is 101 Å². The summed E-state index contributed by atoms with van der Waals surface area (Å²) in [6, 6.07) is 0. The minimum absolute atomic E-state index is 0.186. The van der Waals surface area contributed by atoms with Gasteiger partial charge in [-0.3, -0.25) is 0 Å². The normalized spacial score (nSPS) is 34.3. The summed E-state index contributed by atoms with van der Waals surface area (Å²) in [5.41, 5.74) is 6.66. The SMILES string of the molecule is CC(C)CNC1(CN)CC(C)CC(C)(C)C1. The summed E-state index contributed by atoms with van der Waals surface area (Å²) in [5, 5.41) is 3.75. The van der Waals surface area contributed by atoms with E-state index in [4.69, 9.17) is 5.73 Å². The molecule has 1 rings (SSSR count). The molecule has 2 nitrogen and oxygen atoms in total. The fraction of sp³-hybridized carbons (Fsp3) is 1.00. The van der Waals surface area contributed by atoms with E-state index in [2.05, 4.69) is 39.9 Å². The molecule has 0 aliphatic heterocycles. The van der Waals surface area contributed by atoms with Gasteiger partial charge in [0.25, 0.3) is 0 Å². The highest BCUT2D eigenvalue weighted by Crippen LogP contribution is 2.43. The molecule has 0 amide bonds. The van der Waals surface area contributed by atoms with Crippen molar-refractivity contribution in [2.45, 2.75) is 59.4 Å². The van der Waals surface area contributed by atoms with Crippen molar-refractivity contribution < 1.29 is 0 Å². The van der Waals surface area contributed by atoms with Gasteiger partial charge in [0, 0.05) is 12.1 Å². The van der Waals surface area contributed by atoms with Crippen LogP contribution in [0.15, 0.2) is 0 Å². The molecular weight excluding hydrogens is 196 g/mol. The zero-order chi connectivity index (χ0) is 12.4. The fourth-order valence-electron chi connectivity index (χ4n) is 3.53. The van der Waals surface area contributed by atoms with E-state index in [0.29, 0.717) is 11.3 Å². The Morgan fingerprint density at radius 1 is 1.31 bits per heavy atom. The zero-order valence-electron chi connectivity index (χ0n) is 11.8. The highest BCUT2D eigenvalue weighted by Gasteiger charge is 2.41. The second-order valence-electron chi connectivity index (χ2n) is 7.11. The van der Waals surface area contributed by atoms with Crippen molar-refractivity contribution in [3.8, 4) is 0 Å². The monoisotopic (exact) mass is 226 g/mol. The molecular formula is C14H30N2. The molecule has 0 aromatic heterocycles. The predicted molar refractivity (Wildman–Crippen MR) is 71.4 cm³/mol. The molecule has 96 valence electrons. The zero-order valence-corrected chi connectivity index (χ0v) is 11.8. The third kappa shape index (κ3) is 3.74. The Bertz CT molecular complexity index is 223. The lowest BCUT2D eigenvalue weighted by Crippen LogP contribution is -2.57. The lowest BCUT2D eigenvalue weighted by atomic mass is 9.64. The largest absolute Gasteiger partial charge is 0.329 e. The van der Waals surface area contributed by atoms with E-state index in [0.717, 1.165) is 19.0 Å². The Hall–Kier alpha value is -0.0800. The molecule has 2 unspecified atom stereocenters. The van der Waals surface area contributed by atoms with E-state index >= 15 is 0 Å². The summed E-state index contributed by atoms with van der Waals surface area (Å²) in [6.07, 6.45) is 3.78. The average Bonchev–Trinajstić information content (AvgIpc) is 2.11. The van der Waals surface area contributed by atoms with Crippen molar-refractivity contribution in [2.24, 2.45) is 23.0 Å². The molecule has 2 heteroatoms. The van der Waals surface area contributed by atoms with Crippen molar-refractivity contribution in [3.05, 3.63) is 0 Å². The first kappa shape index (κ1) is 14.0. The lowest BCUT2D eigenvalue weighted by Gasteiger charge is -2.48. The topological polar surface area (TPSA) is 38.0 Å². The summed E-state index contributed by atoms with van der Waals surface area (Å²) in [5.74, 6) is 1.48. The van der Waals surface area contributed by atoms with E-state index in [-0.39, 0.29) is 5.54 Å². The Morgan fingerprint density at radius 2 is 1.94 bits per heavy atom. The Kier molecular flexibility index (Phi) is 4.42. The van der Waals surface area contributed by atoms with Gasteiger partial charge in [0.15, 0.2) is 0 Å². The van der Waals surface area contributed by atoms with Crippen LogP contribution in [0.4, 0.5) is 0 Å². The predicted octanol–water partition coefficient (Wildman–Crippen LogP) is 2.78. The van der Waals surface area contributed by atoms with Crippen LogP contribution in [0.25, 0.3) is 0 Å². The van der Waals surface area contributed by atoms with Gasteiger partial charge in [-0.15, -0.1) is 0 Å². The first-order valence-corrected chi connectivity index (χ1v) is 6.74. The van der Waals surface area contributed by atoms with Gasteiger partial charge in [0.1, 0.15) is 0 Å². The molecule has 0 aromatic carbocycles. The van der Waals surface area contributed by atoms with E-state index in [1.54, 1.807) is 0 Å². The van der Waals surface area contributed by atoms with Crippen LogP contribution < -0.4 is 11.1 Å². The van der Waals surface area contributed by atoms with Crippen molar-refractivity contribution in [1.82, 2.24) is 5.32 Å². The summed E-state index contributed by atoms with van der Waals surface area (Å²) < 4.78 is 0. The molecule has 0 saturated heterocycles. The van der Waals surface area contributed by atoms with E-state index < -0.39 is 0 Å². The molecule has 2 atom stereocenters. The standard InChI is InChI=1S/C14H30N2/c1-11(2)8-16-14(10-15)7-12(3)6-13(4,5)9-14/h11-12,16H,6-10,15H2,1-5H3. The lowest BCUT2D eigenvalue weighted by molar-refractivity contribution is 0.0840. The van der Waals surface area contributed by atoms with E-state index in [1.165, 1.54) is 19.3 Å². The fourth-order valence-corrected chi connectivity index (χ4v) is 3.53. The highest BCUT2D eigenvalue weighted by molar-refractivity contribution is 4.99. The van der Waals surface area contributed by atoms with Crippen molar-refractivity contribution >= 4 is 0 Å². The van der Waals surface area contributed by atoms with Gasteiger partial charge in [-0.05, 0) is 43.1 Å². The highest BCUT2D eigenvalue weighted by atomic mass is 15.0. The van der Waals surface area contributed by atoms with Crippen LogP contribution >= 0.6 is 0 Å². The summed E-state index contributed by atoms with van der Waals surface area (Å²) >= 11 is 0. The maximum Gasteiger partial charge on any atom is 0.0311 e. The van der Waals surface area contributed by atoms with Crippen LogP contribution in [0.5, 0.6) is 0 Å². The molecule has 1 aliphatic carbocycles. The molecule has 16 heavy (non-hydrogen) atoms. The molecule has 0 aromatic rings. The molecule has 0 spiro atoms. The summed E-state index contributed by atoms with van der Waals surface area (Å²) in [7, 11) is 0. The second-order valence-corrected chi connectivity index (χ2v) is 7.11. The number of hydrogen-bond donors (Lipinski definition) is 2. The second kappa shape index (κ2) is 5.05. The van der Waals surface area contributed by atoms with Crippen LogP contribution in [0.3, 0.4) is 0 Å². The number of rotatable bonds is 4. The maximum atomic E-state index is 6.05. The minimum Gasteiger partial charge on any atom is -0.329 e. The average molecular weight is 226 g/mol. The first-order valence-electron chi connectivity index (χ1n) is 6.74. The van der Waals surface area contributed by atoms with Gasteiger partial charge >= 0.3 is 0 Å². The Morgan fingerprint density at radius 3 is 2.38 bits per heavy atom. The van der Waals surface area contributed by atoms with Gasteiger partial charge in [0.05, 0.1) is 0 Å². The number of hydrogen-bond acceptors (Lipinski definition) is 2. The van der Waals surface area contributed by atoms with Gasteiger partial charge < -0.3 is 11.1 Å². The summed E-state index contributed by atoms with van der Waals surface area (Å²) in [6.45, 7) is 13.5. The molecule has 1 aliphatic rings. The Balaban J connectivity index is 2.69. The van der Waals surface area contributed by atoms with Crippen LogP contribution in [0.2, 0.25) is 0 Å². The van der Waals surface area contributed by atoms with Crippen LogP contribution in [-0.2, 0) is 0 Å². The van der Waals surface area contributed by atoms with Gasteiger partial charge in [0.2, 0.25) is 0 Å². The van der Waals surface area contributed by atoms with Crippen LogP contribution in [0.1, 0.15) is 53.9 Å². The van der Waals surface area contributed by atoms with Crippen LogP contribution in [0, 0.1) is 17.3 Å².